The standard InChI is InChI=1S/C13H11ClFNO/c1-8-5-9(7-16-6-8)13(17)12-10(14)3-2-4-11(12)15/h2-7,13,17H,1H3. The van der Waals surface area contributed by atoms with Crippen molar-refractivity contribution in [1.29, 1.82) is 0 Å². The van der Waals surface area contributed by atoms with Crippen LogP contribution in [0.3, 0.4) is 0 Å². The second-order valence-corrected chi connectivity index (χ2v) is 4.24. The van der Waals surface area contributed by atoms with Crippen molar-refractivity contribution < 1.29 is 9.50 Å². The van der Waals surface area contributed by atoms with Crippen LogP contribution in [0.1, 0.15) is 22.8 Å². The maximum Gasteiger partial charge on any atom is 0.130 e. The van der Waals surface area contributed by atoms with Gasteiger partial charge in [-0.15, -0.1) is 0 Å². The number of aliphatic hydroxyl groups is 1. The highest BCUT2D eigenvalue weighted by Gasteiger charge is 2.18. The monoisotopic (exact) mass is 251 g/mol. The number of nitrogens with zero attached hydrogens (tertiary/aromatic N) is 1. The van der Waals surface area contributed by atoms with E-state index >= 15 is 0 Å². The first-order chi connectivity index (χ1) is 8.09. The Bertz CT molecular complexity index is 524. The minimum absolute atomic E-state index is 0.0848. The van der Waals surface area contributed by atoms with Crippen molar-refractivity contribution in [1.82, 2.24) is 4.98 Å². The van der Waals surface area contributed by atoms with Gasteiger partial charge in [-0.25, -0.2) is 4.39 Å². The molecule has 0 radical (unpaired) electrons. The van der Waals surface area contributed by atoms with Crippen molar-refractivity contribution in [2.24, 2.45) is 0 Å². The molecule has 0 spiro atoms. The van der Waals surface area contributed by atoms with Crippen LogP contribution in [0.5, 0.6) is 0 Å². The van der Waals surface area contributed by atoms with Crippen LogP contribution in [-0.4, -0.2) is 10.1 Å². The molecule has 2 rings (SSSR count). The van der Waals surface area contributed by atoms with Crippen LogP contribution in [0.4, 0.5) is 4.39 Å². The lowest BCUT2D eigenvalue weighted by Gasteiger charge is -2.14. The van der Waals surface area contributed by atoms with E-state index in [1.54, 1.807) is 18.3 Å². The molecule has 0 bridgehead atoms. The van der Waals surface area contributed by atoms with Crippen LogP contribution in [0, 0.1) is 12.7 Å². The van der Waals surface area contributed by atoms with Gasteiger partial charge in [-0.3, -0.25) is 4.98 Å². The van der Waals surface area contributed by atoms with E-state index in [4.69, 9.17) is 11.6 Å². The van der Waals surface area contributed by atoms with Gasteiger partial charge < -0.3 is 5.11 Å². The van der Waals surface area contributed by atoms with Crippen LogP contribution in [0.2, 0.25) is 5.02 Å². The predicted molar refractivity (Wildman–Crippen MR) is 64.4 cm³/mol. The molecule has 2 aromatic rings. The second kappa shape index (κ2) is 4.82. The maximum absolute atomic E-state index is 13.6. The highest BCUT2D eigenvalue weighted by molar-refractivity contribution is 6.31. The Balaban J connectivity index is 2.47. The van der Waals surface area contributed by atoms with Gasteiger partial charge >= 0.3 is 0 Å². The zero-order valence-electron chi connectivity index (χ0n) is 9.19. The number of pyridine rings is 1. The second-order valence-electron chi connectivity index (χ2n) is 3.83. The summed E-state index contributed by atoms with van der Waals surface area (Å²) in [7, 11) is 0. The van der Waals surface area contributed by atoms with Gasteiger partial charge in [0.2, 0.25) is 0 Å². The Morgan fingerprint density at radius 3 is 2.76 bits per heavy atom. The van der Waals surface area contributed by atoms with E-state index in [9.17, 15) is 9.50 Å². The van der Waals surface area contributed by atoms with Crippen LogP contribution < -0.4 is 0 Å². The summed E-state index contributed by atoms with van der Waals surface area (Å²) in [5.74, 6) is -0.522. The number of hydrogen-bond acceptors (Lipinski definition) is 2. The first kappa shape index (κ1) is 12.0. The smallest absolute Gasteiger partial charge is 0.130 e. The zero-order chi connectivity index (χ0) is 12.4. The Hall–Kier alpha value is -1.45. The number of rotatable bonds is 2. The molecule has 0 saturated heterocycles. The van der Waals surface area contributed by atoms with Crippen LogP contribution >= 0.6 is 11.6 Å². The molecular formula is C13H11ClFNO. The number of aromatic nitrogens is 1. The van der Waals surface area contributed by atoms with E-state index in [2.05, 4.69) is 4.98 Å². The molecule has 0 aliphatic rings. The van der Waals surface area contributed by atoms with Crippen molar-refractivity contribution in [2.75, 3.05) is 0 Å². The summed E-state index contributed by atoms with van der Waals surface area (Å²) >= 11 is 5.89. The molecule has 1 aromatic heterocycles. The fourth-order valence-electron chi connectivity index (χ4n) is 1.67. The predicted octanol–water partition coefficient (Wildman–Crippen LogP) is 3.26. The van der Waals surface area contributed by atoms with E-state index in [0.29, 0.717) is 5.56 Å². The van der Waals surface area contributed by atoms with Gasteiger partial charge in [0.15, 0.2) is 0 Å². The average molecular weight is 252 g/mol. The first-order valence-corrected chi connectivity index (χ1v) is 5.51. The van der Waals surface area contributed by atoms with Crippen molar-refractivity contribution in [3.8, 4) is 0 Å². The molecule has 0 amide bonds. The number of hydrogen-bond donors (Lipinski definition) is 1. The third-order valence-corrected chi connectivity index (χ3v) is 2.81. The average Bonchev–Trinajstić information content (AvgIpc) is 2.28. The molecule has 17 heavy (non-hydrogen) atoms. The Kier molecular flexibility index (Phi) is 3.41. The van der Waals surface area contributed by atoms with Crippen molar-refractivity contribution >= 4 is 11.6 Å². The number of halogens is 2. The van der Waals surface area contributed by atoms with E-state index in [1.165, 1.54) is 18.3 Å². The largest absolute Gasteiger partial charge is 0.383 e. The van der Waals surface area contributed by atoms with Gasteiger partial charge in [0.25, 0.3) is 0 Å². The van der Waals surface area contributed by atoms with Crippen molar-refractivity contribution in [2.45, 2.75) is 13.0 Å². The Labute approximate surface area is 104 Å². The number of benzene rings is 1. The molecule has 0 saturated carbocycles. The highest BCUT2D eigenvalue weighted by atomic mass is 35.5. The summed E-state index contributed by atoms with van der Waals surface area (Å²) in [4.78, 5) is 3.96. The van der Waals surface area contributed by atoms with Crippen LogP contribution in [0.25, 0.3) is 0 Å². The topological polar surface area (TPSA) is 33.1 Å². The first-order valence-electron chi connectivity index (χ1n) is 5.13. The molecule has 1 atom stereocenters. The number of aliphatic hydroxyl groups excluding tert-OH is 1. The fraction of sp³-hybridized carbons (Fsp3) is 0.154. The summed E-state index contributed by atoms with van der Waals surface area (Å²) in [5.41, 5.74) is 1.51. The summed E-state index contributed by atoms with van der Waals surface area (Å²) in [5, 5.41) is 10.3. The Morgan fingerprint density at radius 2 is 2.12 bits per heavy atom. The summed E-state index contributed by atoms with van der Waals surface area (Å²) in [6.07, 6.45) is 2.07. The normalized spacial score (nSPS) is 12.5. The van der Waals surface area contributed by atoms with Crippen molar-refractivity contribution in [3.05, 3.63) is 64.2 Å². The lowest BCUT2D eigenvalue weighted by Crippen LogP contribution is -2.04. The molecule has 1 unspecified atom stereocenters. The lowest BCUT2D eigenvalue weighted by molar-refractivity contribution is 0.214. The van der Waals surface area contributed by atoms with Gasteiger partial charge in [0.1, 0.15) is 11.9 Å². The molecule has 1 heterocycles. The van der Waals surface area contributed by atoms with Gasteiger partial charge in [0.05, 0.1) is 0 Å². The van der Waals surface area contributed by atoms with E-state index in [1.807, 2.05) is 6.92 Å². The molecule has 0 fully saturated rings. The minimum atomic E-state index is -1.10. The highest BCUT2D eigenvalue weighted by Crippen LogP contribution is 2.30. The van der Waals surface area contributed by atoms with Crippen LogP contribution in [-0.2, 0) is 0 Å². The maximum atomic E-state index is 13.6. The SMILES string of the molecule is Cc1cncc(C(O)c2c(F)cccc2Cl)c1. The molecule has 1 N–H and O–H groups in total. The fourth-order valence-corrected chi connectivity index (χ4v) is 1.93. The molecule has 4 heteroatoms. The quantitative estimate of drug-likeness (QED) is 0.889. The van der Waals surface area contributed by atoms with Gasteiger partial charge in [-0.1, -0.05) is 23.7 Å². The van der Waals surface area contributed by atoms with E-state index < -0.39 is 11.9 Å². The van der Waals surface area contributed by atoms with Gasteiger partial charge in [-0.2, -0.15) is 0 Å². The summed E-state index contributed by atoms with van der Waals surface area (Å²) in [6, 6.07) is 6.07. The van der Waals surface area contributed by atoms with Gasteiger partial charge in [-0.05, 0) is 24.6 Å². The molecule has 88 valence electrons. The third-order valence-electron chi connectivity index (χ3n) is 2.48. The summed E-state index contributed by atoms with van der Waals surface area (Å²) in [6.45, 7) is 1.85. The zero-order valence-corrected chi connectivity index (χ0v) is 9.95. The molecule has 0 aliphatic heterocycles. The van der Waals surface area contributed by atoms with Gasteiger partial charge in [0, 0.05) is 28.5 Å². The lowest BCUT2D eigenvalue weighted by atomic mass is 10.0. The molecular weight excluding hydrogens is 241 g/mol. The van der Waals surface area contributed by atoms with E-state index in [-0.39, 0.29) is 10.6 Å². The van der Waals surface area contributed by atoms with Crippen LogP contribution in [0.15, 0.2) is 36.7 Å². The molecule has 1 aromatic carbocycles. The van der Waals surface area contributed by atoms with Crippen molar-refractivity contribution in [3.63, 3.8) is 0 Å². The molecule has 0 aliphatic carbocycles. The number of aryl methyl sites for hydroxylation is 1. The third kappa shape index (κ3) is 2.46. The minimum Gasteiger partial charge on any atom is -0.383 e. The summed E-state index contributed by atoms with van der Waals surface area (Å²) < 4.78 is 13.6. The van der Waals surface area contributed by atoms with E-state index in [0.717, 1.165) is 5.56 Å². The Morgan fingerprint density at radius 1 is 1.35 bits per heavy atom. The molecule has 2 nitrogen and oxygen atoms in total.